The minimum absolute atomic E-state index is 0.0361. The molecular formula is C26H24ClF3N4O4. The number of ether oxygens (including phenoxy) is 2. The van der Waals surface area contributed by atoms with Crippen molar-refractivity contribution >= 4 is 23.4 Å². The summed E-state index contributed by atoms with van der Waals surface area (Å²) in [6.45, 7) is -0.507. The van der Waals surface area contributed by atoms with Crippen LogP contribution in [0.2, 0.25) is 5.02 Å². The van der Waals surface area contributed by atoms with Crippen LogP contribution in [0.15, 0.2) is 52.7 Å². The minimum Gasteiger partial charge on any atom is -0.484 e. The van der Waals surface area contributed by atoms with Crippen LogP contribution < -0.4 is 20.1 Å². The number of alkyl halides is 3. The van der Waals surface area contributed by atoms with Gasteiger partial charge in [-0.2, -0.15) is 13.2 Å². The molecule has 8 nitrogen and oxygen atoms in total. The first-order valence-electron chi connectivity index (χ1n) is 11.8. The lowest BCUT2D eigenvalue weighted by molar-refractivity contribution is -0.166. The number of benzene rings is 2. The number of carbonyl (C=O) groups is 2. The molecule has 1 aliphatic heterocycles. The lowest BCUT2D eigenvalue weighted by Crippen LogP contribution is -2.45. The second kappa shape index (κ2) is 11.3. The Morgan fingerprint density at radius 2 is 1.45 bits per heavy atom. The van der Waals surface area contributed by atoms with Gasteiger partial charge in [-0.05, 0) is 68.1 Å². The van der Waals surface area contributed by atoms with E-state index in [0.717, 1.165) is 11.6 Å². The van der Waals surface area contributed by atoms with Crippen molar-refractivity contribution in [2.75, 3.05) is 13.2 Å². The molecule has 4 rings (SSSR count). The summed E-state index contributed by atoms with van der Waals surface area (Å²) in [6.07, 6.45) is 3.21. The van der Waals surface area contributed by atoms with E-state index in [1.807, 2.05) is 0 Å². The second-order valence-corrected chi connectivity index (χ2v) is 9.35. The van der Waals surface area contributed by atoms with Crippen LogP contribution in [0.5, 0.6) is 11.5 Å². The second-order valence-electron chi connectivity index (χ2n) is 8.94. The third kappa shape index (κ3) is 6.55. The fraction of sp³-hybridized carbons (Fsp3) is 0.385. The van der Waals surface area contributed by atoms with Crippen molar-refractivity contribution in [1.82, 2.24) is 10.6 Å². The van der Waals surface area contributed by atoms with Gasteiger partial charge in [0.05, 0.1) is 0 Å². The Kier molecular flexibility index (Phi) is 8.11. The number of carbonyl (C=O) groups excluding carboxylic acids is 2. The molecule has 1 heterocycles. The number of nitrogens with one attached hydrogen (secondary N) is 2. The molecule has 1 fully saturated rings. The first-order chi connectivity index (χ1) is 18.1. The van der Waals surface area contributed by atoms with Crippen LogP contribution in [-0.4, -0.2) is 43.3 Å². The van der Waals surface area contributed by atoms with Gasteiger partial charge in [-0.1, -0.05) is 17.5 Å². The van der Waals surface area contributed by atoms with Gasteiger partial charge in [-0.15, -0.1) is 16.7 Å². The van der Waals surface area contributed by atoms with Crippen molar-refractivity contribution in [3.8, 4) is 23.8 Å². The van der Waals surface area contributed by atoms with Gasteiger partial charge in [0, 0.05) is 28.2 Å². The number of hydrogen-bond donors (Lipinski definition) is 2. The highest BCUT2D eigenvalue weighted by atomic mass is 35.5. The first kappa shape index (κ1) is 27.3. The van der Waals surface area contributed by atoms with Gasteiger partial charge in [0.15, 0.2) is 13.2 Å². The van der Waals surface area contributed by atoms with E-state index in [1.165, 1.54) is 12.1 Å². The molecule has 0 radical (unpaired) electrons. The van der Waals surface area contributed by atoms with Gasteiger partial charge in [0.2, 0.25) is 0 Å². The number of hydrogen-bond acceptors (Lipinski definition) is 6. The lowest BCUT2D eigenvalue weighted by Gasteiger charge is -2.29. The van der Waals surface area contributed by atoms with Gasteiger partial charge >= 0.3 is 11.8 Å². The fourth-order valence-corrected chi connectivity index (χ4v) is 4.40. The molecule has 200 valence electrons. The molecule has 1 saturated carbocycles. The zero-order chi connectivity index (χ0) is 27.3. The summed E-state index contributed by atoms with van der Waals surface area (Å²) < 4.78 is 50.8. The Morgan fingerprint density at radius 1 is 0.947 bits per heavy atom. The normalized spacial score (nSPS) is 19.7. The van der Waals surface area contributed by atoms with E-state index in [2.05, 4.69) is 26.8 Å². The lowest BCUT2D eigenvalue weighted by atomic mass is 9.91. The molecule has 0 saturated heterocycles. The van der Waals surface area contributed by atoms with Crippen LogP contribution in [0.3, 0.4) is 0 Å². The molecule has 2 aliphatic rings. The molecule has 1 aliphatic carbocycles. The summed E-state index contributed by atoms with van der Waals surface area (Å²) in [7, 11) is 0. The molecule has 0 unspecified atom stereocenters. The molecule has 12 heteroatoms. The number of terminal acetylenes is 1. The van der Waals surface area contributed by atoms with Crippen LogP contribution >= 0.6 is 11.6 Å². The van der Waals surface area contributed by atoms with Gasteiger partial charge in [0.1, 0.15) is 11.5 Å². The summed E-state index contributed by atoms with van der Waals surface area (Å²) in [5.41, 5.74) is -2.31. The van der Waals surface area contributed by atoms with Crippen LogP contribution in [0, 0.1) is 12.3 Å². The van der Waals surface area contributed by atoms with Crippen molar-refractivity contribution in [2.24, 2.45) is 10.2 Å². The predicted octanol–water partition coefficient (Wildman–Crippen LogP) is 4.50. The Bertz CT molecular complexity index is 1250. The van der Waals surface area contributed by atoms with Crippen molar-refractivity contribution in [1.29, 1.82) is 0 Å². The van der Waals surface area contributed by atoms with E-state index in [9.17, 15) is 22.8 Å². The Balaban J connectivity index is 1.17. The van der Waals surface area contributed by atoms with Gasteiger partial charge in [-0.25, -0.2) is 0 Å². The summed E-state index contributed by atoms with van der Waals surface area (Å²) >= 11 is 5.92. The Hall–Kier alpha value is -3.78. The van der Waals surface area contributed by atoms with Crippen LogP contribution in [0.25, 0.3) is 0 Å². The highest BCUT2D eigenvalue weighted by molar-refractivity contribution is 6.31. The summed E-state index contributed by atoms with van der Waals surface area (Å²) in [5, 5.41) is 11.9. The van der Waals surface area contributed by atoms with E-state index in [4.69, 9.17) is 27.5 Å². The van der Waals surface area contributed by atoms with Crippen LogP contribution in [-0.2, 0) is 15.3 Å². The smallest absolute Gasteiger partial charge is 0.442 e. The fourth-order valence-electron chi connectivity index (χ4n) is 4.15. The molecular weight excluding hydrogens is 525 g/mol. The van der Waals surface area contributed by atoms with Gasteiger partial charge in [0.25, 0.3) is 11.8 Å². The molecule has 2 amide bonds. The average Bonchev–Trinajstić information content (AvgIpc) is 3.71. The summed E-state index contributed by atoms with van der Waals surface area (Å²) in [5.74, 6) is 2.43. The summed E-state index contributed by atoms with van der Waals surface area (Å²) in [4.78, 5) is 24.6. The monoisotopic (exact) mass is 548 g/mol. The average molecular weight is 549 g/mol. The molecule has 2 N–H and O–H groups in total. The van der Waals surface area contributed by atoms with Crippen molar-refractivity contribution in [3.05, 3.63) is 58.6 Å². The zero-order valence-electron chi connectivity index (χ0n) is 20.1. The quantitative estimate of drug-likeness (QED) is 0.450. The molecule has 0 aromatic heterocycles. The maximum absolute atomic E-state index is 13.3. The predicted molar refractivity (Wildman–Crippen MR) is 132 cm³/mol. The Labute approximate surface area is 221 Å². The molecule has 0 bridgehead atoms. The van der Waals surface area contributed by atoms with E-state index >= 15 is 0 Å². The third-order valence-corrected chi connectivity index (χ3v) is 6.56. The highest BCUT2D eigenvalue weighted by Crippen LogP contribution is 2.54. The third-order valence-electron chi connectivity index (χ3n) is 6.23. The summed E-state index contributed by atoms with van der Waals surface area (Å²) in [6, 6.07) is 10.4. The Morgan fingerprint density at radius 3 is 1.92 bits per heavy atom. The van der Waals surface area contributed by atoms with E-state index in [-0.39, 0.29) is 47.5 Å². The van der Waals surface area contributed by atoms with E-state index < -0.39 is 17.7 Å². The molecule has 0 atom stereocenters. The number of rotatable bonds is 9. The number of amides is 2. The molecule has 0 spiro atoms. The topological polar surface area (TPSA) is 101 Å². The maximum Gasteiger partial charge on any atom is 0.442 e. The largest absolute Gasteiger partial charge is 0.484 e. The molecule has 2 aromatic rings. The standard InChI is InChI=1S/C26H24ClF3N4O4/c1-2-16-3-9-19(10-4-16)37-14-23(35)31-17-5-7-18(8-6-17)32-24(36)15-38-20-11-12-22(27)21(13-20)25(33-34-25)26(28,29)30/h1,3-4,9-13,17-18H,5-8,14-15H2,(H,31,35)(H,32,36)/t17-,18-. The first-order valence-corrected chi connectivity index (χ1v) is 12.2. The SMILES string of the molecule is C#Cc1ccc(OCC(=O)N[C@H]2CC[C@H](NC(=O)COc3ccc(Cl)c(C4(C(F)(F)F)N=N4)c3)CC2)cc1. The van der Waals surface area contributed by atoms with Crippen LogP contribution in [0.4, 0.5) is 13.2 Å². The zero-order valence-corrected chi connectivity index (χ0v) is 20.8. The minimum atomic E-state index is -4.73. The van der Waals surface area contributed by atoms with Gasteiger partial charge < -0.3 is 20.1 Å². The van der Waals surface area contributed by atoms with Crippen molar-refractivity contribution in [3.63, 3.8) is 0 Å². The van der Waals surface area contributed by atoms with E-state index in [1.54, 1.807) is 24.3 Å². The van der Waals surface area contributed by atoms with Crippen molar-refractivity contribution in [2.45, 2.75) is 49.6 Å². The molecule has 38 heavy (non-hydrogen) atoms. The number of halogens is 4. The molecule has 2 aromatic carbocycles. The van der Waals surface area contributed by atoms with Crippen LogP contribution in [0.1, 0.15) is 36.8 Å². The van der Waals surface area contributed by atoms with E-state index in [0.29, 0.717) is 31.4 Å². The highest BCUT2D eigenvalue weighted by Gasteiger charge is 2.66. The van der Waals surface area contributed by atoms with Gasteiger partial charge in [-0.3, -0.25) is 9.59 Å². The van der Waals surface area contributed by atoms with Crippen molar-refractivity contribution < 1.29 is 32.2 Å². The maximum atomic E-state index is 13.3. The number of nitrogens with zero attached hydrogens (tertiary/aromatic N) is 2.